The van der Waals surface area contributed by atoms with Crippen molar-refractivity contribution in [1.82, 2.24) is 0 Å². The van der Waals surface area contributed by atoms with Gasteiger partial charge in [-0.2, -0.15) is 0 Å². The molecule has 0 N–H and O–H groups in total. The SMILES string of the molecule is CCCCCCCCCCCCCOc1ccc(-c2ccc(C(C)OCCCCCCC)cc2)cc1. The molecule has 0 radical (unpaired) electrons. The fraction of sp³-hybridized carbons (Fsp3) is 0.647. The molecular weight excluding hydrogens is 440 g/mol. The lowest BCUT2D eigenvalue weighted by Gasteiger charge is -2.14. The molecule has 0 aliphatic rings. The van der Waals surface area contributed by atoms with E-state index in [9.17, 15) is 0 Å². The molecule has 0 fully saturated rings. The number of unbranched alkanes of at least 4 members (excludes halogenated alkanes) is 14. The van der Waals surface area contributed by atoms with Gasteiger partial charge in [0.1, 0.15) is 5.75 Å². The van der Waals surface area contributed by atoms with Crippen LogP contribution in [0.4, 0.5) is 0 Å². The van der Waals surface area contributed by atoms with Crippen molar-refractivity contribution >= 4 is 0 Å². The summed E-state index contributed by atoms with van der Waals surface area (Å²) in [5, 5.41) is 0. The molecule has 1 unspecified atom stereocenters. The molecule has 0 saturated carbocycles. The highest BCUT2D eigenvalue weighted by Gasteiger charge is 2.07. The van der Waals surface area contributed by atoms with E-state index in [0.29, 0.717) is 0 Å². The van der Waals surface area contributed by atoms with E-state index in [4.69, 9.17) is 9.47 Å². The maximum atomic E-state index is 6.05. The molecule has 0 aliphatic carbocycles. The van der Waals surface area contributed by atoms with E-state index in [1.54, 1.807) is 0 Å². The molecule has 2 rings (SSSR count). The Labute approximate surface area is 223 Å². The Morgan fingerprint density at radius 1 is 0.500 bits per heavy atom. The first-order valence-electron chi connectivity index (χ1n) is 15.2. The molecule has 0 bridgehead atoms. The molecule has 2 nitrogen and oxygen atoms in total. The molecule has 0 amide bonds. The van der Waals surface area contributed by atoms with Crippen LogP contribution in [0, 0.1) is 0 Å². The molecule has 1 atom stereocenters. The average molecular weight is 495 g/mol. The number of ether oxygens (including phenoxy) is 2. The first-order chi connectivity index (χ1) is 17.7. The lowest BCUT2D eigenvalue weighted by Crippen LogP contribution is -2.01. The van der Waals surface area contributed by atoms with Crippen molar-refractivity contribution in [3.63, 3.8) is 0 Å². The number of hydrogen-bond acceptors (Lipinski definition) is 2. The van der Waals surface area contributed by atoms with Crippen molar-refractivity contribution in [1.29, 1.82) is 0 Å². The van der Waals surface area contributed by atoms with Crippen LogP contribution in [0.25, 0.3) is 11.1 Å². The van der Waals surface area contributed by atoms with Crippen LogP contribution >= 0.6 is 0 Å². The highest BCUT2D eigenvalue weighted by Crippen LogP contribution is 2.25. The van der Waals surface area contributed by atoms with Gasteiger partial charge in [-0.15, -0.1) is 0 Å². The second kappa shape index (κ2) is 20.3. The smallest absolute Gasteiger partial charge is 0.119 e. The van der Waals surface area contributed by atoms with Gasteiger partial charge in [-0.1, -0.05) is 140 Å². The summed E-state index contributed by atoms with van der Waals surface area (Å²) in [4.78, 5) is 0. The second-order valence-electron chi connectivity index (χ2n) is 10.5. The van der Waals surface area contributed by atoms with Crippen LogP contribution < -0.4 is 4.74 Å². The van der Waals surface area contributed by atoms with E-state index in [1.807, 2.05) is 0 Å². The van der Waals surface area contributed by atoms with Gasteiger partial charge in [0.25, 0.3) is 0 Å². The third kappa shape index (κ3) is 13.5. The van der Waals surface area contributed by atoms with Crippen molar-refractivity contribution in [2.75, 3.05) is 13.2 Å². The van der Waals surface area contributed by atoms with E-state index in [2.05, 4.69) is 69.3 Å². The van der Waals surface area contributed by atoms with E-state index in [-0.39, 0.29) is 6.10 Å². The third-order valence-corrected chi connectivity index (χ3v) is 7.20. The second-order valence-corrected chi connectivity index (χ2v) is 10.5. The first kappa shape index (κ1) is 30.4. The summed E-state index contributed by atoms with van der Waals surface area (Å²) in [6.07, 6.45) is 21.5. The van der Waals surface area contributed by atoms with Gasteiger partial charge in [0.05, 0.1) is 12.7 Å². The van der Waals surface area contributed by atoms with Gasteiger partial charge in [0.2, 0.25) is 0 Å². The van der Waals surface area contributed by atoms with Gasteiger partial charge in [-0.3, -0.25) is 0 Å². The zero-order chi connectivity index (χ0) is 25.7. The van der Waals surface area contributed by atoms with E-state index in [0.717, 1.165) is 31.8 Å². The van der Waals surface area contributed by atoms with E-state index < -0.39 is 0 Å². The maximum absolute atomic E-state index is 6.05. The minimum absolute atomic E-state index is 0.150. The third-order valence-electron chi connectivity index (χ3n) is 7.20. The Bertz CT molecular complexity index is 750. The molecule has 0 spiro atoms. The molecular formula is C34H54O2. The summed E-state index contributed by atoms with van der Waals surface area (Å²) >= 11 is 0. The summed E-state index contributed by atoms with van der Waals surface area (Å²) in [6.45, 7) is 8.37. The summed E-state index contributed by atoms with van der Waals surface area (Å²) in [5.74, 6) is 0.975. The summed E-state index contributed by atoms with van der Waals surface area (Å²) in [6, 6.07) is 17.4. The van der Waals surface area contributed by atoms with Crippen LogP contribution in [0.3, 0.4) is 0 Å². The highest BCUT2D eigenvalue weighted by molar-refractivity contribution is 5.64. The molecule has 2 heteroatoms. The van der Waals surface area contributed by atoms with Crippen molar-refractivity contribution in [3.8, 4) is 16.9 Å². The molecule has 202 valence electrons. The lowest BCUT2D eigenvalue weighted by atomic mass is 10.0. The molecule has 0 aliphatic heterocycles. The Hall–Kier alpha value is -1.80. The topological polar surface area (TPSA) is 18.5 Å². The largest absolute Gasteiger partial charge is 0.494 e. The predicted octanol–water partition coefficient (Wildman–Crippen LogP) is 11.1. The minimum Gasteiger partial charge on any atom is -0.494 e. The average Bonchev–Trinajstić information content (AvgIpc) is 2.91. The fourth-order valence-electron chi connectivity index (χ4n) is 4.71. The van der Waals surface area contributed by atoms with Crippen LogP contribution in [0.1, 0.15) is 135 Å². The fourth-order valence-corrected chi connectivity index (χ4v) is 4.71. The zero-order valence-corrected chi connectivity index (χ0v) is 23.7. The Balaban J connectivity index is 1.58. The molecule has 2 aromatic carbocycles. The van der Waals surface area contributed by atoms with E-state index >= 15 is 0 Å². The molecule has 36 heavy (non-hydrogen) atoms. The summed E-state index contributed by atoms with van der Waals surface area (Å²) in [5.41, 5.74) is 3.72. The summed E-state index contributed by atoms with van der Waals surface area (Å²) in [7, 11) is 0. The number of hydrogen-bond donors (Lipinski definition) is 0. The van der Waals surface area contributed by atoms with Crippen molar-refractivity contribution in [2.45, 2.75) is 130 Å². The van der Waals surface area contributed by atoms with Gasteiger partial charge < -0.3 is 9.47 Å². The number of rotatable bonds is 22. The quantitative estimate of drug-likeness (QED) is 0.151. The Kier molecular flexibility index (Phi) is 17.1. The van der Waals surface area contributed by atoms with Crippen LogP contribution in [-0.2, 0) is 4.74 Å². The van der Waals surface area contributed by atoms with E-state index in [1.165, 1.54) is 107 Å². The molecule has 0 aromatic heterocycles. The zero-order valence-electron chi connectivity index (χ0n) is 23.7. The van der Waals surface area contributed by atoms with Crippen molar-refractivity contribution in [3.05, 3.63) is 54.1 Å². The van der Waals surface area contributed by atoms with Gasteiger partial charge in [-0.05, 0) is 48.6 Å². The standard InChI is InChI=1S/C34H54O2/c1-4-6-8-10-11-12-13-14-15-17-19-29-36-34-26-24-33(25-27-34)32-22-20-31(21-23-32)30(3)35-28-18-16-9-7-5-2/h20-27,30H,4-19,28-29H2,1-3H3. The predicted molar refractivity (Wildman–Crippen MR) is 157 cm³/mol. The van der Waals surface area contributed by atoms with Gasteiger partial charge in [-0.25, -0.2) is 0 Å². The van der Waals surface area contributed by atoms with Gasteiger partial charge in [0, 0.05) is 6.61 Å². The van der Waals surface area contributed by atoms with Crippen LogP contribution in [0.15, 0.2) is 48.5 Å². The molecule has 2 aromatic rings. The molecule has 0 heterocycles. The maximum Gasteiger partial charge on any atom is 0.119 e. The normalized spacial score (nSPS) is 12.1. The van der Waals surface area contributed by atoms with Crippen molar-refractivity contribution < 1.29 is 9.47 Å². The first-order valence-corrected chi connectivity index (χ1v) is 15.2. The van der Waals surface area contributed by atoms with Crippen LogP contribution in [-0.4, -0.2) is 13.2 Å². The monoisotopic (exact) mass is 494 g/mol. The Morgan fingerprint density at radius 2 is 0.917 bits per heavy atom. The van der Waals surface area contributed by atoms with Gasteiger partial charge >= 0.3 is 0 Å². The number of benzene rings is 2. The van der Waals surface area contributed by atoms with Crippen molar-refractivity contribution in [2.24, 2.45) is 0 Å². The van der Waals surface area contributed by atoms with Gasteiger partial charge in [0.15, 0.2) is 0 Å². The highest BCUT2D eigenvalue weighted by atomic mass is 16.5. The minimum atomic E-state index is 0.150. The summed E-state index contributed by atoms with van der Waals surface area (Å²) < 4.78 is 12.0. The van der Waals surface area contributed by atoms with Crippen LogP contribution in [0.5, 0.6) is 5.75 Å². The Morgan fingerprint density at radius 3 is 1.42 bits per heavy atom. The lowest BCUT2D eigenvalue weighted by molar-refractivity contribution is 0.0627. The van der Waals surface area contributed by atoms with Crippen LogP contribution in [0.2, 0.25) is 0 Å². The molecule has 0 saturated heterocycles.